The Labute approximate surface area is 581 Å². The summed E-state index contributed by atoms with van der Waals surface area (Å²) < 4.78 is 68.3. The van der Waals surface area contributed by atoms with Crippen molar-refractivity contribution in [3.8, 4) is 0 Å². The SMILES string of the molecule is CCCCCCCCCCCCCCCCCC(=O)OC[C@H](COP(=O)(O)OC[C@@H](O)COP(=O)(O)OC[C@@H](COC(=O)CCCCCCC)OC(=O)CCCCCCCCCCCCC(C)CC)OC(=O)CCCCCCCCCCCCCCCCCCCCC(C)C. The molecule has 0 aromatic carbocycles. The van der Waals surface area contributed by atoms with Crippen molar-refractivity contribution < 1.29 is 80.2 Å². The fourth-order valence-electron chi connectivity index (χ4n) is 11.6. The zero-order valence-electron chi connectivity index (χ0n) is 62.0. The van der Waals surface area contributed by atoms with Crippen LogP contribution in [0, 0.1) is 11.8 Å². The minimum absolute atomic E-state index is 0.105. The molecule has 0 heterocycles. The van der Waals surface area contributed by atoms with Crippen molar-refractivity contribution in [3.05, 3.63) is 0 Å². The van der Waals surface area contributed by atoms with Crippen molar-refractivity contribution in [2.75, 3.05) is 39.6 Å². The van der Waals surface area contributed by atoms with Crippen LogP contribution in [0.3, 0.4) is 0 Å². The molecule has 0 aliphatic rings. The maximum absolute atomic E-state index is 13.1. The predicted octanol–water partition coefficient (Wildman–Crippen LogP) is 22.3. The molecule has 3 N–H and O–H groups in total. The number of rotatable bonds is 75. The highest BCUT2D eigenvalue weighted by atomic mass is 31.2. The number of unbranched alkanes of at least 4 members (excludes halogenated alkanes) is 44. The predicted molar refractivity (Wildman–Crippen MR) is 386 cm³/mol. The maximum atomic E-state index is 13.1. The molecule has 564 valence electrons. The summed E-state index contributed by atoms with van der Waals surface area (Å²) in [7, 11) is -9.90. The first kappa shape index (κ1) is 93.1. The van der Waals surface area contributed by atoms with E-state index in [4.69, 9.17) is 37.0 Å². The van der Waals surface area contributed by atoms with Gasteiger partial charge in [-0.1, -0.05) is 343 Å². The molecule has 0 fully saturated rings. The topological polar surface area (TPSA) is 237 Å². The fourth-order valence-corrected chi connectivity index (χ4v) is 13.2. The Morgan fingerprint density at radius 2 is 0.537 bits per heavy atom. The first-order valence-corrected chi connectivity index (χ1v) is 42.5. The Bertz CT molecular complexity index is 1840. The molecule has 0 amide bonds. The molecule has 19 heteroatoms. The first-order chi connectivity index (χ1) is 45.9. The van der Waals surface area contributed by atoms with Gasteiger partial charge in [0.25, 0.3) is 0 Å². The van der Waals surface area contributed by atoms with Gasteiger partial charge >= 0.3 is 39.5 Å². The lowest BCUT2D eigenvalue weighted by molar-refractivity contribution is -0.161. The van der Waals surface area contributed by atoms with Gasteiger partial charge in [-0.2, -0.15) is 0 Å². The van der Waals surface area contributed by atoms with Crippen LogP contribution in [0.15, 0.2) is 0 Å². The van der Waals surface area contributed by atoms with E-state index < -0.39 is 97.5 Å². The molecular formula is C76H148O17P2. The standard InChI is InChI=1S/C76H148O17P2/c1-7-10-12-14-15-16-17-18-23-27-30-36-41-47-53-59-74(79)87-65-72(93-76(81)60-54-48-42-37-31-28-25-22-20-19-21-24-26-29-34-39-45-50-56-68(4)5)67-91-95(84,85)89-63-70(77)62-88-94(82,83)90-66-71(64-86-73(78)58-52-44-13-11-8-2)92-75(80)61-55-49-43-38-33-32-35-40-46-51-57-69(6)9-3/h68-72,77H,7-67H2,1-6H3,(H,82,83)(H,84,85)/t69?,70-,71+,72+/m0/s1. The van der Waals surface area contributed by atoms with Crippen LogP contribution in [0.4, 0.5) is 0 Å². The minimum atomic E-state index is -4.96. The summed E-state index contributed by atoms with van der Waals surface area (Å²) in [5.74, 6) is -0.503. The molecule has 3 unspecified atom stereocenters. The molecule has 0 spiro atoms. The van der Waals surface area contributed by atoms with Crippen molar-refractivity contribution >= 4 is 39.5 Å². The smallest absolute Gasteiger partial charge is 0.462 e. The molecule has 6 atom stereocenters. The van der Waals surface area contributed by atoms with Crippen LogP contribution in [-0.4, -0.2) is 96.7 Å². The summed E-state index contributed by atoms with van der Waals surface area (Å²) in [4.78, 5) is 72.5. The van der Waals surface area contributed by atoms with E-state index in [1.165, 1.54) is 205 Å². The Morgan fingerprint density at radius 1 is 0.305 bits per heavy atom. The lowest BCUT2D eigenvalue weighted by Crippen LogP contribution is -2.30. The molecular weight excluding hydrogens is 1250 g/mol. The highest BCUT2D eigenvalue weighted by Gasteiger charge is 2.30. The van der Waals surface area contributed by atoms with Gasteiger partial charge in [-0.3, -0.25) is 37.3 Å². The number of aliphatic hydroxyl groups is 1. The summed E-state index contributed by atoms with van der Waals surface area (Å²) in [5.41, 5.74) is 0. The van der Waals surface area contributed by atoms with Gasteiger partial charge in [-0.25, -0.2) is 9.13 Å². The van der Waals surface area contributed by atoms with Crippen LogP contribution in [0.5, 0.6) is 0 Å². The normalized spacial score (nSPS) is 14.3. The maximum Gasteiger partial charge on any atom is 0.472 e. The molecule has 17 nitrogen and oxygen atoms in total. The van der Waals surface area contributed by atoms with Crippen LogP contribution in [0.1, 0.15) is 395 Å². The third kappa shape index (κ3) is 69.0. The molecule has 0 aromatic heterocycles. The second-order valence-corrected chi connectivity index (χ2v) is 31.0. The molecule has 0 radical (unpaired) electrons. The average molecular weight is 1400 g/mol. The van der Waals surface area contributed by atoms with E-state index in [1.807, 2.05) is 0 Å². The molecule has 0 aromatic rings. The number of hydrogen-bond donors (Lipinski definition) is 3. The van der Waals surface area contributed by atoms with Gasteiger partial charge in [0.05, 0.1) is 26.4 Å². The third-order valence-corrected chi connectivity index (χ3v) is 20.0. The monoisotopic (exact) mass is 1400 g/mol. The third-order valence-electron chi connectivity index (χ3n) is 18.1. The molecule has 0 saturated heterocycles. The summed E-state index contributed by atoms with van der Waals surface area (Å²) in [6, 6.07) is 0. The summed E-state index contributed by atoms with van der Waals surface area (Å²) in [6.07, 6.45) is 55.9. The first-order valence-electron chi connectivity index (χ1n) is 39.5. The molecule has 0 bridgehead atoms. The lowest BCUT2D eigenvalue weighted by Gasteiger charge is -2.21. The van der Waals surface area contributed by atoms with Crippen LogP contribution in [-0.2, 0) is 65.4 Å². The summed E-state index contributed by atoms with van der Waals surface area (Å²) >= 11 is 0. The van der Waals surface area contributed by atoms with Crippen molar-refractivity contribution in [1.29, 1.82) is 0 Å². The van der Waals surface area contributed by atoms with Gasteiger partial charge in [0.2, 0.25) is 0 Å². The van der Waals surface area contributed by atoms with Crippen LogP contribution < -0.4 is 0 Å². The Kier molecular flexibility index (Phi) is 66.5. The van der Waals surface area contributed by atoms with E-state index in [0.29, 0.717) is 25.7 Å². The van der Waals surface area contributed by atoms with E-state index in [0.717, 1.165) is 108 Å². The van der Waals surface area contributed by atoms with E-state index in [1.54, 1.807) is 0 Å². The number of hydrogen-bond acceptors (Lipinski definition) is 15. The summed E-state index contributed by atoms with van der Waals surface area (Å²) in [6.45, 7) is 9.57. The average Bonchev–Trinajstić information content (AvgIpc) is 3.22. The van der Waals surface area contributed by atoms with Crippen LogP contribution in [0.2, 0.25) is 0 Å². The number of aliphatic hydroxyl groups excluding tert-OH is 1. The van der Waals surface area contributed by atoms with Gasteiger partial charge in [0, 0.05) is 25.7 Å². The number of carbonyl (C=O) groups excluding carboxylic acids is 4. The van der Waals surface area contributed by atoms with Crippen molar-refractivity contribution in [3.63, 3.8) is 0 Å². The molecule has 0 aliphatic carbocycles. The Hall–Kier alpha value is -1.94. The highest BCUT2D eigenvalue weighted by Crippen LogP contribution is 2.45. The number of carbonyl (C=O) groups is 4. The van der Waals surface area contributed by atoms with Crippen molar-refractivity contribution in [1.82, 2.24) is 0 Å². The van der Waals surface area contributed by atoms with Crippen LogP contribution >= 0.6 is 15.6 Å². The van der Waals surface area contributed by atoms with E-state index in [2.05, 4.69) is 41.5 Å². The Balaban J connectivity index is 5.13. The zero-order chi connectivity index (χ0) is 70.0. The van der Waals surface area contributed by atoms with E-state index in [-0.39, 0.29) is 25.7 Å². The largest absolute Gasteiger partial charge is 0.472 e. The number of esters is 4. The molecule has 95 heavy (non-hydrogen) atoms. The number of ether oxygens (including phenoxy) is 4. The van der Waals surface area contributed by atoms with Crippen molar-refractivity contribution in [2.45, 2.75) is 413 Å². The van der Waals surface area contributed by atoms with Gasteiger partial charge < -0.3 is 33.8 Å². The minimum Gasteiger partial charge on any atom is -0.462 e. The summed E-state index contributed by atoms with van der Waals surface area (Å²) in [5, 5.41) is 10.6. The molecule has 0 rings (SSSR count). The Morgan fingerprint density at radius 3 is 0.800 bits per heavy atom. The van der Waals surface area contributed by atoms with Gasteiger partial charge in [0.15, 0.2) is 12.2 Å². The molecule has 0 saturated carbocycles. The highest BCUT2D eigenvalue weighted by molar-refractivity contribution is 7.47. The number of phosphoric ester groups is 2. The van der Waals surface area contributed by atoms with E-state index in [9.17, 15) is 43.2 Å². The van der Waals surface area contributed by atoms with Gasteiger partial charge in [-0.05, 0) is 37.5 Å². The fraction of sp³-hybridized carbons (Fsp3) is 0.947. The molecule has 0 aliphatic heterocycles. The van der Waals surface area contributed by atoms with Crippen molar-refractivity contribution in [2.24, 2.45) is 11.8 Å². The quantitative estimate of drug-likeness (QED) is 0.0222. The van der Waals surface area contributed by atoms with Gasteiger partial charge in [-0.15, -0.1) is 0 Å². The second kappa shape index (κ2) is 67.9. The van der Waals surface area contributed by atoms with E-state index >= 15 is 0 Å². The van der Waals surface area contributed by atoms with Crippen LogP contribution in [0.25, 0.3) is 0 Å². The second-order valence-electron chi connectivity index (χ2n) is 28.1. The zero-order valence-corrected chi connectivity index (χ0v) is 63.8. The lowest BCUT2D eigenvalue weighted by atomic mass is 9.99. The number of phosphoric acid groups is 2. The van der Waals surface area contributed by atoms with Gasteiger partial charge in [0.1, 0.15) is 19.3 Å².